The van der Waals surface area contributed by atoms with Crippen LogP contribution in [0.4, 0.5) is 0 Å². The van der Waals surface area contributed by atoms with Crippen molar-refractivity contribution in [1.29, 1.82) is 0 Å². The lowest BCUT2D eigenvalue weighted by Gasteiger charge is -2.17. The summed E-state index contributed by atoms with van der Waals surface area (Å²) < 4.78 is 5.19. The summed E-state index contributed by atoms with van der Waals surface area (Å²) in [4.78, 5) is 27.4. The molecule has 0 spiro atoms. The van der Waals surface area contributed by atoms with E-state index >= 15 is 0 Å². The number of nitrogens with one attached hydrogen (secondary N) is 1. The first-order valence-electron chi connectivity index (χ1n) is 8.73. The Balaban J connectivity index is 1.94. The number of hydrogen-bond donors (Lipinski definition) is 2. The van der Waals surface area contributed by atoms with Gasteiger partial charge in [-0.15, -0.1) is 0 Å². The van der Waals surface area contributed by atoms with Crippen molar-refractivity contribution in [3.63, 3.8) is 0 Å². The summed E-state index contributed by atoms with van der Waals surface area (Å²) in [6.45, 7) is 7.74. The topological polar surface area (TPSA) is 105 Å². The summed E-state index contributed by atoms with van der Waals surface area (Å²) in [5.41, 5.74) is 2.08. The van der Waals surface area contributed by atoms with E-state index in [-0.39, 0.29) is 24.7 Å². The highest BCUT2D eigenvalue weighted by Gasteiger charge is 2.23. The number of hydrogen-bond acceptors (Lipinski definition) is 5. The van der Waals surface area contributed by atoms with Gasteiger partial charge in [0, 0.05) is 18.4 Å². The van der Waals surface area contributed by atoms with Crippen molar-refractivity contribution in [3.05, 3.63) is 35.7 Å². The van der Waals surface area contributed by atoms with E-state index in [0.29, 0.717) is 17.6 Å². The maximum atomic E-state index is 11.9. The van der Waals surface area contributed by atoms with Gasteiger partial charge in [-0.25, -0.2) is 4.79 Å². The summed E-state index contributed by atoms with van der Waals surface area (Å²) in [5.74, 6) is -0.324. The minimum Gasteiger partial charge on any atom is -0.480 e. The van der Waals surface area contributed by atoms with Crippen LogP contribution < -0.4 is 5.32 Å². The zero-order valence-electron chi connectivity index (χ0n) is 15.5. The van der Waals surface area contributed by atoms with Crippen molar-refractivity contribution in [1.82, 2.24) is 15.5 Å². The number of nitrogens with zero attached hydrogens (tertiary/aromatic N) is 2. The van der Waals surface area contributed by atoms with Crippen LogP contribution in [-0.2, 0) is 16.0 Å². The van der Waals surface area contributed by atoms with Crippen LogP contribution in [0.15, 0.2) is 28.8 Å². The molecule has 1 heterocycles. The van der Waals surface area contributed by atoms with E-state index in [9.17, 15) is 9.59 Å². The third-order valence-electron chi connectivity index (χ3n) is 4.12. The first kappa shape index (κ1) is 19.6. The van der Waals surface area contributed by atoms with Gasteiger partial charge in [0.15, 0.2) is 0 Å². The van der Waals surface area contributed by atoms with Crippen molar-refractivity contribution in [2.24, 2.45) is 5.92 Å². The summed E-state index contributed by atoms with van der Waals surface area (Å²) in [6.07, 6.45) is 0.345. The van der Waals surface area contributed by atoms with Gasteiger partial charge in [-0.3, -0.25) is 4.79 Å². The molecule has 7 nitrogen and oxygen atoms in total. The van der Waals surface area contributed by atoms with Gasteiger partial charge >= 0.3 is 5.97 Å². The first-order chi connectivity index (χ1) is 12.3. The van der Waals surface area contributed by atoms with Crippen LogP contribution in [0.25, 0.3) is 11.4 Å². The number of amides is 1. The van der Waals surface area contributed by atoms with E-state index in [1.165, 1.54) is 5.56 Å². The monoisotopic (exact) mass is 359 g/mol. The molecule has 0 aliphatic heterocycles. The molecule has 0 saturated carbocycles. The lowest BCUT2D eigenvalue weighted by Crippen LogP contribution is -2.44. The first-order valence-corrected chi connectivity index (χ1v) is 8.73. The van der Waals surface area contributed by atoms with Crippen LogP contribution >= 0.6 is 0 Å². The maximum absolute atomic E-state index is 11.9. The van der Waals surface area contributed by atoms with E-state index < -0.39 is 12.0 Å². The van der Waals surface area contributed by atoms with Crippen molar-refractivity contribution >= 4 is 11.9 Å². The number of carboxylic acids is 1. The molecule has 1 aromatic heterocycles. The average molecular weight is 359 g/mol. The molecule has 2 aromatic rings. The molecule has 2 rings (SSSR count). The normalized spacial score (nSPS) is 12.4. The van der Waals surface area contributed by atoms with Gasteiger partial charge in [-0.05, 0) is 17.4 Å². The van der Waals surface area contributed by atoms with Gasteiger partial charge in [0.2, 0.25) is 17.6 Å². The lowest BCUT2D eigenvalue weighted by molar-refractivity contribution is -0.143. The number of aromatic nitrogens is 2. The zero-order valence-corrected chi connectivity index (χ0v) is 15.5. The third kappa shape index (κ3) is 5.15. The second-order valence-corrected chi connectivity index (χ2v) is 6.92. The fourth-order valence-corrected chi connectivity index (χ4v) is 2.47. The number of aliphatic carboxylic acids is 1. The van der Waals surface area contributed by atoms with Crippen LogP contribution in [0.2, 0.25) is 0 Å². The Kier molecular flexibility index (Phi) is 6.49. The van der Waals surface area contributed by atoms with Crippen molar-refractivity contribution in [3.8, 4) is 11.4 Å². The number of carboxylic acid groups (broad SMARTS) is 1. The minimum absolute atomic E-state index is 0.0877. The predicted octanol–water partition coefficient (Wildman–Crippen LogP) is 3.02. The number of rotatable bonds is 8. The van der Waals surface area contributed by atoms with Gasteiger partial charge in [0.25, 0.3) is 0 Å². The van der Waals surface area contributed by atoms with Crippen molar-refractivity contribution in [2.75, 3.05) is 0 Å². The van der Waals surface area contributed by atoms with Gasteiger partial charge < -0.3 is 14.9 Å². The quantitative estimate of drug-likeness (QED) is 0.750. The van der Waals surface area contributed by atoms with Gasteiger partial charge in [0.1, 0.15) is 6.04 Å². The SMILES string of the molecule is CC(C)c1ccc(-c2noc(CCC(=O)NC(C(=O)O)C(C)C)n2)cc1. The number of benzene rings is 1. The highest BCUT2D eigenvalue weighted by atomic mass is 16.5. The lowest BCUT2D eigenvalue weighted by atomic mass is 10.0. The number of carbonyl (C=O) groups excluding carboxylic acids is 1. The van der Waals surface area contributed by atoms with E-state index in [4.69, 9.17) is 9.63 Å². The molecular formula is C19H25N3O4. The van der Waals surface area contributed by atoms with Gasteiger partial charge in [0.05, 0.1) is 0 Å². The van der Waals surface area contributed by atoms with E-state index in [1.807, 2.05) is 24.3 Å². The predicted molar refractivity (Wildman–Crippen MR) is 96.5 cm³/mol. The van der Waals surface area contributed by atoms with Crippen molar-refractivity contribution in [2.45, 2.75) is 52.5 Å². The molecule has 0 aliphatic carbocycles. The molecule has 0 aliphatic rings. The molecule has 0 radical (unpaired) electrons. The molecular weight excluding hydrogens is 334 g/mol. The Labute approximate surface area is 152 Å². The summed E-state index contributed by atoms with van der Waals surface area (Å²) in [7, 11) is 0. The molecule has 0 saturated heterocycles. The molecule has 1 aromatic carbocycles. The Hall–Kier alpha value is -2.70. The average Bonchev–Trinajstić information content (AvgIpc) is 3.06. The summed E-state index contributed by atoms with van der Waals surface area (Å²) in [6, 6.07) is 7.04. The van der Waals surface area contributed by atoms with Gasteiger partial charge in [-0.2, -0.15) is 4.98 Å². The second kappa shape index (κ2) is 8.60. The molecule has 0 bridgehead atoms. The smallest absolute Gasteiger partial charge is 0.326 e. The zero-order chi connectivity index (χ0) is 19.3. The fraction of sp³-hybridized carbons (Fsp3) is 0.474. The van der Waals surface area contributed by atoms with Crippen LogP contribution in [-0.4, -0.2) is 33.2 Å². The summed E-state index contributed by atoms with van der Waals surface area (Å²) in [5, 5.41) is 15.6. The van der Waals surface area contributed by atoms with E-state index in [2.05, 4.69) is 29.3 Å². The minimum atomic E-state index is -1.04. The third-order valence-corrected chi connectivity index (χ3v) is 4.12. The summed E-state index contributed by atoms with van der Waals surface area (Å²) >= 11 is 0. The van der Waals surface area contributed by atoms with Crippen molar-refractivity contribution < 1.29 is 19.2 Å². The molecule has 140 valence electrons. The fourth-order valence-electron chi connectivity index (χ4n) is 2.47. The Bertz CT molecular complexity index is 750. The molecule has 1 unspecified atom stereocenters. The largest absolute Gasteiger partial charge is 0.480 e. The van der Waals surface area contributed by atoms with Crippen LogP contribution in [0.5, 0.6) is 0 Å². The second-order valence-electron chi connectivity index (χ2n) is 6.92. The highest BCUT2D eigenvalue weighted by molar-refractivity contribution is 5.83. The van der Waals surface area contributed by atoms with Crippen LogP contribution in [0.3, 0.4) is 0 Å². The molecule has 1 amide bonds. The highest BCUT2D eigenvalue weighted by Crippen LogP contribution is 2.20. The molecule has 0 fully saturated rings. The number of carbonyl (C=O) groups is 2. The molecule has 26 heavy (non-hydrogen) atoms. The van der Waals surface area contributed by atoms with E-state index in [1.54, 1.807) is 13.8 Å². The van der Waals surface area contributed by atoms with E-state index in [0.717, 1.165) is 5.56 Å². The molecule has 1 atom stereocenters. The molecule has 7 heteroatoms. The van der Waals surface area contributed by atoms with Crippen LogP contribution in [0, 0.1) is 5.92 Å². The Morgan fingerprint density at radius 3 is 2.35 bits per heavy atom. The van der Waals surface area contributed by atoms with Crippen LogP contribution in [0.1, 0.15) is 51.5 Å². The standard InChI is InChI=1S/C19H25N3O4/c1-11(2)13-5-7-14(8-6-13)18-21-16(26-22-18)10-9-15(23)20-17(12(3)4)19(24)25/h5-8,11-12,17H,9-10H2,1-4H3,(H,20,23)(H,24,25). The Morgan fingerprint density at radius 2 is 1.81 bits per heavy atom. The van der Waals surface area contributed by atoms with Gasteiger partial charge in [-0.1, -0.05) is 57.1 Å². The Morgan fingerprint density at radius 1 is 1.15 bits per heavy atom. The maximum Gasteiger partial charge on any atom is 0.326 e. The molecule has 2 N–H and O–H groups in total. The number of aryl methyl sites for hydroxylation is 1.